The van der Waals surface area contributed by atoms with Crippen molar-refractivity contribution in [3.63, 3.8) is 0 Å². The van der Waals surface area contributed by atoms with Crippen molar-refractivity contribution in [2.75, 3.05) is 12.4 Å². The summed E-state index contributed by atoms with van der Waals surface area (Å²) in [5.74, 6) is 0. The van der Waals surface area contributed by atoms with E-state index in [0.717, 1.165) is 33.8 Å². The molecule has 26 heavy (non-hydrogen) atoms. The fraction of sp³-hybridized carbons (Fsp3) is 0.300. The van der Waals surface area contributed by atoms with Crippen LogP contribution in [0.4, 0.5) is 5.69 Å². The number of nitrogens with zero attached hydrogens (tertiary/aromatic N) is 2. The molecule has 134 valence electrons. The molecule has 1 aliphatic rings. The number of aryl methyl sites for hydroxylation is 2. The van der Waals surface area contributed by atoms with Gasteiger partial charge in [0.05, 0.1) is 17.4 Å². The van der Waals surface area contributed by atoms with Crippen molar-refractivity contribution in [3.8, 4) is 0 Å². The summed E-state index contributed by atoms with van der Waals surface area (Å²) in [7, 11) is 1.63. The number of imidazole rings is 1. The maximum atomic E-state index is 11.2. The van der Waals surface area contributed by atoms with Crippen molar-refractivity contribution in [2.24, 2.45) is 0 Å². The zero-order valence-electron chi connectivity index (χ0n) is 15.0. The van der Waals surface area contributed by atoms with Crippen LogP contribution in [0.5, 0.6) is 0 Å². The van der Waals surface area contributed by atoms with E-state index in [9.17, 15) is 4.79 Å². The summed E-state index contributed by atoms with van der Waals surface area (Å²) in [5.41, 5.74) is 5.80. The molecular formula is C20H21N3O3. The highest BCUT2D eigenvalue weighted by Gasteiger charge is 2.40. The molecule has 6 nitrogen and oxygen atoms in total. The summed E-state index contributed by atoms with van der Waals surface area (Å²) in [5, 5.41) is 3.55. The van der Waals surface area contributed by atoms with Gasteiger partial charge in [-0.25, -0.2) is 4.98 Å². The molecule has 0 amide bonds. The maximum absolute atomic E-state index is 11.2. The van der Waals surface area contributed by atoms with Gasteiger partial charge in [-0.2, -0.15) is 0 Å². The van der Waals surface area contributed by atoms with E-state index < -0.39 is 6.10 Å². The molecule has 0 spiro atoms. The first-order chi connectivity index (χ1) is 12.7. The molecule has 1 aromatic carbocycles. The highest BCUT2D eigenvalue weighted by molar-refractivity contribution is 5.75. The van der Waals surface area contributed by atoms with Crippen LogP contribution in [0.25, 0.3) is 5.65 Å². The number of aromatic nitrogens is 2. The molecule has 2 aromatic heterocycles. The van der Waals surface area contributed by atoms with Crippen LogP contribution in [0.3, 0.4) is 0 Å². The Morgan fingerprint density at radius 1 is 1.19 bits per heavy atom. The van der Waals surface area contributed by atoms with Crippen molar-refractivity contribution >= 4 is 17.8 Å². The molecule has 0 saturated carbocycles. The van der Waals surface area contributed by atoms with E-state index in [4.69, 9.17) is 14.5 Å². The normalized spacial score (nSPS) is 21.9. The molecular weight excluding hydrogens is 330 g/mol. The minimum Gasteiger partial charge on any atom is -0.459 e. The Kier molecular flexibility index (Phi) is 4.12. The Labute approximate surface area is 151 Å². The molecule has 0 bridgehead atoms. The van der Waals surface area contributed by atoms with Gasteiger partial charge in [-0.3, -0.25) is 4.79 Å². The van der Waals surface area contributed by atoms with E-state index in [0.29, 0.717) is 6.47 Å². The van der Waals surface area contributed by atoms with Gasteiger partial charge in [0.25, 0.3) is 6.47 Å². The van der Waals surface area contributed by atoms with Gasteiger partial charge in [-0.15, -0.1) is 0 Å². The SMILES string of the molecule is CO[C@H]1c2ccn3c(C)c(C)nc3c2N[C@H](c2ccccc2)[C@H]1OC=O. The Hall–Kier alpha value is -2.86. The number of hydrogen-bond donors (Lipinski definition) is 1. The highest BCUT2D eigenvalue weighted by Crippen LogP contribution is 2.44. The Morgan fingerprint density at radius 3 is 2.65 bits per heavy atom. The minimum atomic E-state index is -0.480. The predicted molar refractivity (Wildman–Crippen MR) is 98.2 cm³/mol. The van der Waals surface area contributed by atoms with Gasteiger partial charge in [0.15, 0.2) is 11.8 Å². The van der Waals surface area contributed by atoms with Crippen LogP contribution in [0, 0.1) is 13.8 Å². The molecule has 6 heteroatoms. The summed E-state index contributed by atoms with van der Waals surface area (Å²) in [6.45, 7) is 4.53. The Morgan fingerprint density at radius 2 is 1.96 bits per heavy atom. The third-order valence-corrected chi connectivity index (χ3v) is 5.16. The molecule has 0 saturated heterocycles. The van der Waals surface area contributed by atoms with Crippen LogP contribution in [0.1, 0.15) is 34.7 Å². The zero-order chi connectivity index (χ0) is 18.3. The van der Waals surface area contributed by atoms with Crippen molar-refractivity contribution in [1.82, 2.24) is 9.38 Å². The van der Waals surface area contributed by atoms with Gasteiger partial charge in [-0.1, -0.05) is 30.3 Å². The smallest absolute Gasteiger partial charge is 0.293 e. The number of hydrogen-bond acceptors (Lipinski definition) is 5. The molecule has 0 radical (unpaired) electrons. The lowest BCUT2D eigenvalue weighted by molar-refractivity contribution is -0.143. The molecule has 1 aliphatic heterocycles. The monoisotopic (exact) mass is 351 g/mol. The van der Waals surface area contributed by atoms with Gasteiger partial charge in [-0.05, 0) is 25.5 Å². The second-order valence-corrected chi connectivity index (χ2v) is 6.51. The lowest BCUT2D eigenvalue weighted by atomic mass is 9.88. The second kappa shape index (κ2) is 6.46. The summed E-state index contributed by atoms with van der Waals surface area (Å²) in [4.78, 5) is 15.9. The average molecular weight is 351 g/mol. The van der Waals surface area contributed by atoms with Crippen molar-refractivity contribution < 1.29 is 14.3 Å². The molecule has 3 atom stereocenters. The highest BCUT2D eigenvalue weighted by atomic mass is 16.6. The van der Waals surface area contributed by atoms with Crippen LogP contribution in [0.15, 0.2) is 42.6 Å². The van der Waals surface area contributed by atoms with E-state index >= 15 is 0 Å². The third-order valence-electron chi connectivity index (χ3n) is 5.16. The van der Waals surface area contributed by atoms with Crippen LogP contribution in [-0.4, -0.2) is 29.1 Å². The maximum Gasteiger partial charge on any atom is 0.293 e. The van der Waals surface area contributed by atoms with Gasteiger partial charge < -0.3 is 19.2 Å². The Balaban J connectivity index is 1.92. The van der Waals surface area contributed by atoms with Crippen molar-refractivity contribution in [1.29, 1.82) is 0 Å². The first-order valence-electron chi connectivity index (χ1n) is 8.57. The number of methoxy groups -OCH3 is 1. The van der Waals surface area contributed by atoms with Gasteiger partial charge in [0.1, 0.15) is 6.10 Å². The van der Waals surface area contributed by atoms with Crippen molar-refractivity contribution in [2.45, 2.75) is 32.1 Å². The van der Waals surface area contributed by atoms with E-state index in [1.807, 2.05) is 56.4 Å². The standard InChI is InChI=1S/C20H21N3O3/c1-12-13(2)23-10-9-15-17(20(23)21-12)22-16(14-7-5-4-6-8-14)19(26-11-24)18(15)25-3/h4-11,16,18-19,22H,1-3H3/t16-,18+,19-/m1/s1. The van der Waals surface area contributed by atoms with Gasteiger partial charge in [0.2, 0.25) is 0 Å². The van der Waals surface area contributed by atoms with Crippen LogP contribution >= 0.6 is 0 Å². The molecule has 3 heterocycles. The fourth-order valence-electron chi connectivity index (χ4n) is 3.74. The lowest BCUT2D eigenvalue weighted by Gasteiger charge is -2.38. The van der Waals surface area contributed by atoms with Crippen LogP contribution < -0.4 is 5.32 Å². The van der Waals surface area contributed by atoms with E-state index in [2.05, 4.69) is 9.72 Å². The predicted octanol–water partition coefficient (Wildman–Crippen LogP) is 3.35. The number of benzene rings is 1. The van der Waals surface area contributed by atoms with Crippen LogP contribution in [0.2, 0.25) is 0 Å². The molecule has 0 fully saturated rings. The van der Waals surface area contributed by atoms with E-state index in [1.54, 1.807) is 7.11 Å². The number of carbonyl (C=O) groups excluding carboxylic acids is 1. The van der Waals surface area contributed by atoms with Crippen molar-refractivity contribution in [3.05, 3.63) is 65.1 Å². The number of rotatable bonds is 4. The fourth-order valence-corrected chi connectivity index (χ4v) is 3.74. The summed E-state index contributed by atoms with van der Waals surface area (Å²) in [6.07, 6.45) is 1.12. The topological polar surface area (TPSA) is 64.9 Å². The molecule has 3 aromatic rings. The lowest BCUT2D eigenvalue weighted by Crippen LogP contribution is -2.39. The minimum absolute atomic E-state index is 0.234. The van der Waals surface area contributed by atoms with E-state index in [-0.39, 0.29) is 12.1 Å². The van der Waals surface area contributed by atoms with Crippen LogP contribution in [-0.2, 0) is 14.3 Å². The zero-order valence-corrected chi connectivity index (χ0v) is 15.0. The number of pyridine rings is 1. The summed E-state index contributed by atoms with van der Waals surface area (Å²) in [6, 6.07) is 11.7. The van der Waals surface area contributed by atoms with Gasteiger partial charge in [0, 0.05) is 24.6 Å². The third kappa shape index (κ3) is 2.45. The Bertz CT molecular complexity index is 952. The number of anilines is 1. The largest absolute Gasteiger partial charge is 0.459 e. The number of nitrogens with one attached hydrogen (secondary N) is 1. The average Bonchev–Trinajstić information content (AvgIpc) is 2.96. The number of fused-ring (bicyclic) bond motifs is 3. The van der Waals surface area contributed by atoms with E-state index in [1.165, 1.54) is 0 Å². The number of ether oxygens (including phenoxy) is 2. The first kappa shape index (κ1) is 16.6. The number of carbonyl (C=O) groups is 1. The second-order valence-electron chi connectivity index (χ2n) is 6.51. The first-order valence-corrected chi connectivity index (χ1v) is 8.57. The summed E-state index contributed by atoms with van der Waals surface area (Å²) >= 11 is 0. The molecule has 0 unspecified atom stereocenters. The summed E-state index contributed by atoms with van der Waals surface area (Å²) < 4.78 is 13.3. The molecule has 0 aliphatic carbocycles. The molecule has 4 rings (SSSR count). The molecule has 1 N–H and O–H groups in total. The quantitative estimate of drug-likeness (QED) is 0.730. The van der Waals surface area contributed by atoms with Gasteiger partial charge >= 0.3 is 0 Å².